The van der Waals surface area contributed by atoms with E-state index in [1.807, 2.05) is 13.8 Å². The molecule has 5 nitrogen and oxygen atoms in total. The molecular formula is C7H14N3NaO2. The van der Waals surface area contributed by atoms with Gasteiger partial charge in [0.05, 0.1) is 12.1 Å². The quantitative estimate of drug-likeness (QED) is 0.224. The molecule has 0 aliphatic carbocycles. The molecule has 0 N–H and O–H groups in total. The van der Waals surface area contributed by atoms with Gasteiger partial charge in [0.25, 0.3) is 0 Å². The van der Waals surface area contributed by atoms with Crippen molar-refractivity contribution in [3.05, 3.63) is 10.4 Å². The average Bonchev–Trinajstić information content (AvgIpc) is 2.03. The van der Waals surface area contributed by atoms with Crippen LogP contribution in [0.25, 0.3) is 0 Å². The number of hydrazine groups is 1. The molecule has 0 aromatic rings. The third-order valence-electron chi connectivity index (χ3n) is 2.41. The Labute approximate surface area is 100 Å². The zero-order valence-electron chi connectivity index (χ0n) is 8.43. The Hall–Kier alpha value is 0. The summed E-state index contributed by atoms with van der Waals surface area (Å²) in [5, 5.41) is 24.8. The van der Waals surface area contributed by atoms with Crippen LogP contribution >= 0.6 is 0 Å². The van der Waals surface area contributed by atoms with Gasteiger partial charge in [0.2, 0.25) is 0 Å². The second-order valence-electron chi connectivity index (χ2n) is 3.34. The van der Waals surface area contributed by atoms with Gasteiger partial charge in [0.1, 0.15) is 0 Å². The van der Waals surface area contributed by atoms with E-state index in [0.29, 0.717) is 0 Å². The average molecular weight is 195 g/mol. The van der Waals surface area contributed by atoms with E-state index in [1.165, 1.54) is 5.01 Å². The second kappa shape index (κ2) is 5.67. The molecule has 1 aliphatic rings. The first-order valence-electron chi connectivity index (χ1n) is 4.25. The van der Waals surface area contributed by atoms with Crippen molar-refractivity contribution in [3.63, 3.8) is 0 Å². The normalized spacial score (nSPS) is 29.7. The van der Waals surface area contributed by atoms with Crippen LogP contribution in [-0.2, 0) is 0 Å². The summed E-state index contributed by atoms with van der Waals surface area (Å²) in [6.07, 6.45) is 3.03. The van der Waals surface area contributed by atoms with E-state index >= 15 is 0 Å². The Kier molecular flexibility index (Phi) is 5.67. The van der Waals surface area contributed by atoms with E-state index in [4.69, 9.17) is 0 Å². The van der Waals surface area contributed by atoms with Crippen molar-refractivity contribution in [2.75, 3.05) is 0 Å². The largest absolute Gasteiger partial charge is 1.00 e. The Morgan fingerprint density at radius 3 is 2.15 bits per heavy atom. The van der Waals surface area contributed by atoms with Crippen molar-refractivity contribution in [1.82, 2.24) is 5.01 Å². The van der Waals surface area contributed by atoms with Crippen molar-refractivity contribution in [2.45, 2.75) is 45.2 Å². The monoisotopic (exact) mass is 195 g/mol. The summed E-state index contributed by atoms with van der Waals surface area (Å²) in [5.41, 5.74) is 0. The van der Waals surface area contributed by atoms with Gasteiger partial charge in [-0.3, -0.25) is 0 Å². The van der Waals surface area contributed by atoms with Crippen molar-refractivity contribution in [1.29, 1.82) is 0 Å². The summed E-state index contributed by atoms with van der Waals surface area (Å²) in [5.74, 6) is 0. The van der Waals surface area contributed by atoms with E-state index in [-0.39, 0.29) is 46.6 Å². The first-order valence-corrected chi connectivity index (χ1v) is 4.25. The van der Waals surface area contributed by atoms with Crippen LogP contribution in [0.3, 0.4) is 0 Å². The maximum Gasteiger partial charge on any atom is 1.00 e. The molecule has 6 heteroatoms. The maximum atomic E-state index is 11.0. The zero-order chi connectivity index (χ0) is 9.14. The Morgan fingerprint density at radius 2 is 1.77 bits per heavy atom. The summed E-state index contributed by atoms with van der Waals surface area (Å²) < 4.78 is 0. The smallest absolute Gasteiger partial charge is 0.737 e. The van der Waals surface area contributed by atoms with Crippen LogP contribution in [-0.4, -0.2) is 22.1 Å². The van der Waals surface area contributed by atoms with Gasteiger partial charge < -0.3 is 10.4 Å². The van der Waals surface area contributed by atoms with Crippen molar-refractivity contribution in [2.24, 2.45) is 5.28 Å². The number of hydrogen-bond acceptors (Lipinski definition) is 3. The molecule has 1 aliphatic heterocycles. The number of nitrogens with zero attached hydrogens (tertiary/aromatic N) is 3. The van der Waals surface area contributed by atoms with Gasteiger partial charge in [0, 0.05) is 4.97 Å². The van der Waals surface area contributed by atoms with Crippen LogP contribution in [0.15, 0.2) is 5.28 Å². The molecule has 0 amide bonds. The molecule has 1 rings (SSSR count). The van der Waals surface area contributed by atoms with E-state index in [1.54, 1.807) is 0 Å². The maximum absolute atomic E-state index is 11.0. The van der Waals surface area contributed by atoms with E-state index in [9.17, 15) is 10.4 Å². The summed E-state index contributed by atoms with van der Waals surface area (Å²) in [6.45, 7) is 3.87. The molecule has 0 aromatic heterocycles. The Bertz CT molecular complexity index is 179. The molecule has 0 saturated carbocycles. The molecule has 0 radical (unpaired) electrons. The van der Waals surface area contributed by atoms with Gasteiger partial charge >= 0.3 is 29.6 Å². The molecule has 13 heavy (non-hydrogen) atoms. The third-order valence-corrected chi connectivity index (χ3v) is 2.41. The van der Waals surface area contributed by atoms with Crippen LogP contribution in [0.2, 0.25) is 0 Å². The first-order chi connectivity index (χ1) is 5.66. The SMILES string of the molecule is C[C@@H]1CCC[C@H](C)N1/[N+]([O-])=N\[O-].[Na+]. The van der Waals surface area contributed by atoms with Crippen molar-refractivity contribution < 1.29 is 34.5 Å². The molecule has 2 atom stereocenters. The third kappa shape index (κ3) is 3.00. The predicted molar refractivity (Wildman–Crippen MR) is 44.0 cm³/mol. The van der Waals surface area contributed by atoms with Crippen LogP contribution in [0.5, 0.6) is 0 Å². The van der Waals surface area contributed by atoms with Crippen LogP contribution in [0.4, 0.5) is 0 Å². The van der Waals surface area contributed by atoms with Crippen LogP contribution in [0, 0.1) is 10.4 Å². The summed E-state index contributed by atoms with van der Waals surface area (Å²) in [4.78, 5) is 0.175. The molecular weight excluding hydrogens is 181 g/mol. The fourth-order valence-electron chi connectivity index (χ4n) is 1.79. The molecule has 1 heterocycles. The molecule has 0 bridgehead atoms. The van der Waals surface area contributed by atoms with Gasteiger partial charge in [0.15, 0.2) is 0 Å². The molecule has 0 aromatic carbocycles. The van der Waals surface area contributed by atoms with Crippen molar-refractivity contribution >= 4 is 0 Å². The topological polar surface area (TPSA) is 64.7 Å². The fourth-order valence-corrected chi connectivity index (χ4v) is 1.79. The molecule has 1 saturated heterocycles. The minimum absolute atomic E-state index is 0. The Balaban J connectivity index is 0.00000144. The number of hydrogen-bond donors (Lipinski definition) is 0. The first kappa shape index (κ1) is 13.0. The second-order valence-corrected chi connectivity index (χ2v) is 3.34. The van der Waals surface area contributed by atoms with E-state index in [0.717, 1.165) is 19.3 Å². The predicted octanol–water partition coefficient (Wildman–Crippen LogP) is -1.37. The van der Waals surface area contributed by atoms with Crippen LogP contribution < -0.4 is 29.6 Å². The fraction of sp³-hybridized carbons (Fsp3) is 1.00. The molecule has 70 valence electrons. The van der Waals surface area contributed by atoms with Gasteiger partial charge in [-0.1, -0.05) is 0 Å². The number of rotatable bonds is 1. The minimum Gasteiger partial charge on any atom is -0.737 e. The van der Waals surface area contributed by atoms with Crippen molar-refractivity contribution in [3.8, 4) is 0 Å². The standard InChI is InChI=1S/C7H15N3O2.Na/c1-6-4-3-5-7(2)9(6)10(12)8-11;/h6-7,11H,3-5H2,1-2H3;/q;+1/p-1/b10-8+;/t6-,7+;. The summed E-state index contributed by atoms with van der Waals surface area (Å²) in [6, 6.07) is 0.257. The summed E-state index contributed by atoms with van der Waals surface area (Å²) >= 11 is 0. The Morgan fingerprint density at radius 1 is 1.31 bits per heavy atom. The van der Waals surface area contributed by atoms with Crippen LogP contribution in [0.1, 0.15) is 33.1 Å². The van der Waals surface area contributed by atoms with Gasteiger partial charge in [-0.2, -0.15) is 0 Å². The molecule has 0 unspecified atom stereocenters. The minimum atomic E-state index is 0. The molecule has 0 spiro atoms. The van der Waals surface area contributed by atoms with Gasteiger partial charge in [-0.15, -0.1) is 5.01 Å². The van der Waals surface area contributed by atoms with Gasteiger partial charge in [-0.05, 0) is 38.4 Å². The number of piperidine rings is 1. The van der Waals surface area contributed by atoms with E-state index in [2.05, 4.69) is 5.28 Å². The summed E-state index contributed by atoms with van der Waals surface area (Å²) in [7, 11) is 0. The molecule has 1 fully saturated rings. The zero-order valence-corrected chi connectivity index (χ0v) is 10.4. The van der Waals surface area contributed by atoms with E-state index < -0.39 is 0 Å². The van der Waals surface area contributed by atoms with Gasteiger partial charge in [-0.25, -0.2) is 0 Å².